The van der Waals surface area contributed by atoms with Gasteiger partial charge in [-0.3, -0.25) is 4.79 Å². The number of benzene rings is 2. The summed E-state index contributed by atoms with van der Waals surface area (Å²) in [6, 6.07) is 10.8. The smallest absolute Gasteiger partial charge is 0.417 e. The van der Waals surface area contributed by atoms with E-state index in [1.54, 1.807) is 12.1 Å². The lowest BCUT2D eigenvalue weighted by Crippen LogP contribution is -2.21. The van der Waals surface area contributed by atoms with E-state index >= 15 is 0 Å². The summed E-state index contributed by atoms with van der Waals surface area (Å²) in [6.07, 6.45) is -3.26. The molecule has 0 fully saturated rings. The van der Waals surface area contributed by atoms with Gasteiger partial charge in [-0.2, -0.15) is 13.2 Å². The molecular weight excluding hydrogens is 335 g/mol. The van der Waals surface area contributed by atoms with Gasteiger partial charge in [0.1, 0.15) is 0 Å². The Morgan fingerprint density at radius 1 is 1.04 bits per heavy atom. The van der Waals surface area contributed by atoms with E-state index in [1.807, 2.05) is 0 Å². The molecule has 0 aliphatic carbocycles. The van der Waals surface area contributed by atoms with Crippen LogP contribution >= 0.6 is 0 Å². The predicted octanol–water partition coefficient (Wildman–Crippen LogP) is 3.77. The zero-order valence-electron chi connectivity index (χ0n) is 12.7. The van der Waals surface area contributed by atoms with Gasteiger partial charge >= 0.3 is 12.1 Å². The van der Waals surface area contributed by atoms with E-state index in [-0.39, 0.29) is 22.9 Å². The Labute approximate surface area is 139 Å². The number of hydrogen-bond acceptors (Lipinski definition) is 2. The lowest BCUT2D eigenvalue weighted by atomic mass is 10.1. The van der Waals surface area contributed by atoms with Gasteiger partial charge in [-0.05, 0) is 35.9 Å². The fourth-order valence-electron chi connectivity index (χ4n) is 2.69. The summed E-state index contributed by atoms with van der Waals surface area (Å²) < 4.78 is 40.4. The maximum absolute atomic E-state index is 13.1. The molecule has 0 atom stereocenters. The van der Waals surface area contributed by atoms with Crippen LogP contribution in [-0.2, 0) is 12.7 Å². The first-order valence-electron chi connectivity index (χ1n) is 7.29. The van der Waals surface area contributed by atoms with E-state index in [0.29, 0.717) is 5.56 Å². The number of carboxylic acids is 1. The zero-order valence-corrected chi connectivity index (χ0v) is 12.7. The third-order valence-corrected chi connectivity index (χ3v) is 3.85. The van der Waals surface area contributed by atoms with Crippen LogP contribution in [-0.4, -0.2) is 15.6 Å². The number of nitrogens with zero attached hydrogens (tertiary/aromatic N) is 1. The maximum Gasteiger partial charge on any atom is 0.417 e. The fraction of sp³-hybridized carbons (Fsp3) is 0.111. The van der Waals surface area contributed by atoms with Gasteiger partial charge in [0, 0.05) is 17.0 Å². The third-order valence-electron chi connectivity index (χ3n) is 3.85. The van der Waals surface area contributed by atoms with Crippen LogP contribution in [0.5, 0.6) is 0 Å². The van der Waals surface area contributed by atoms with Crippen molar-refractivity contribution in [2.75, 3.05) is 0 Å². The normalized spacial score (nSPS) is 11.6. The molecule has 3 rings (SSSR count). The van der Waals surface area contributed by atoms with Crippen molar-refractivity contribution in [3.8, 4) is 0 Å². The van der Waals surface area contributed by atoms with E-state index in [2.05, 4.69) is 0 Å². The molecule has 25 heavy (non-hydrogen) atoms. The van der Waals surface area contributed by atoms with Gasteiger partial charge < -0.3 is 9.67 Å². The van der Waals surface area contributed by atoms with Crippen LogP contribution < -0.4 is 5.56 Å². The summed E-state index contributed by atoms with van der Waals surface area (Å²) in [5.41, 5.74) is -0.787. The average molecular weight is 347 g/mol. The number of fused-ring (bicyclic) bond motifs is 1. The zero-order chi connectivity index (χ0) is 18.2. The number of alkyl halides is 3. The topological polar surface area (TPSA) is 59.3 Å². The van der Waals surface area contributed by atoms with Gasteiger partial charge in [0.2, 0.25) is 0 Å². The molecule has 0 amide bonds. The number of carbonyl (C=O) groups is 1. The van der Waals surface area contributed by atoms with Gasteiger partial charge in [0.05, 0.1) is 17.7 Å². The van der Waals surface area contributed by atoms with Gasteiger partial charge in [0.25, 0.3) is 5.56 Å². The number of carboxylic acid groups (broad SMARTS) is 1. The minimum absolute atomic E-state index is 0.0354. The summed E-state index contributed by atoms with van der Waals surface area (Å²) >= 11 is 0. The molecule has 128 valence electrons. The molecule has 1 heterocycles. The quantitative estimate of drug-likeness (QED) is 0.785. The first-order chi connectivity index (χ1) is 11.8. The van der Waals surface area contributed by atoms with Crippen LogP contribution in [0.25, 0.3) is 10.8 Å². The second kappa shape index (κ2) is 6.08. The highest BCUT2D eigenvalue weighted by atomic mass is 19.4. The summed E-state index contributed by atoms with van der Waals surface area (Å²) in [4.78, 5) is 23.5. The molecule has 0 saturated carbocycles. The highest BCUT2D eigenvalue weighted by Crippen LogP contribution is 2.33. The molecule has 2 aromatic carbocycles. The second-order valence-electron chi connectivity index (χ2n) is 5.52. The average Bonchev–Trinajstić information content (AvgIpc) is 2.56. The van der Waals surface area contributed by atoms with Gasteiger partial charge in [-0.1, -0.05) is 18.2 Å². The fourth-order valence-corrected chi connectivity index (χ4v) is 2.69. The molecule has 0 aliphatic heterocycles. The second-order valence-corrected chi connectivity index (χ2v) is 5.52. The van der Waals surface area contributed by atoms with Crippen LogP contribution in [0.15, 0.2) is 59.5 Å². The van der Waals surface area contributed by atoms with E-state index in [9.17, 15) is 22.8 Å². The minimum atomic E-state index is -4.55. The van der Waals surface area contributed by atoms with E-state index in [1.165, 1.54) is 41.1 Å². The summed E-state index contributed by atoms with van der Waals surface area (Å²) in [7, 11) is 0. The molecule has 0 radical (unpaired) electrons. The Hall–Kier alpha value is -3.09. The number of aromatic nitrogens is 1. The third kappa shape index (κ3) is 3.26. The first-order valence-corrected chi connectivity index (χ1v) is 7.29. The van der Waals surface area contributed by atoms with Crippen molar-refractivity contribution in [3.63, 3.8) is 0 Å². The number of hydrogen-bond donors (Lipinski definition) is 1. The van der Waals surface area contributed by atoms with Crippen molar-refractivity contribution in [1.82, 2.24) is 4.57 Å². The Bertz CT molecular complexity index is 1020. The minimum Gasteiger partial charge on any atom is -0.478 e. The molecule has 0 spiro atoms. The SMILES string of the molecule is O=C(O)c1cccc(Cn2ccc3c(C(F)(F)F)cccc3c2=O)c1. The highest BCUT2D eigenvalue weighted by molar-refractivity contribution is 5.87. The molecule has 0 saturated heterocycles. The van der Waals surface area contributed by atoms with Crippen LogP contribution in [0.2, 0.25) is 0 Å². The number of aromatic carboxylic acids is 1. The van der Waals surface area contributed by atoms with Crippen LogP contribution in [0.4, 0.5) is 13.2 Å². The van der Waals surface area contributed by atoms with Crippen LogP contribution in [0.1, 0.15) is 21.5 Å². The van der Waals surface area contributed by atoms with E-state index in [4.69, 9.17) is 5.11 Å². The maximum atomic E-state index is 13.1. The van der Waals surface area contributed by atoms with Crippen molar-refractivity contribution in [2.45, 2.75) is 12.7 Å². The molecule has 1 N–H and O–H groups in total. The molecule has 3 aromatic rings. The van der Waals surface area contributed by atoms with Gasteiger partial charge in [0.15, 0.2) is 0 Å². The van der Waals surface area contributed by atoms with Crippen molar-refractivity contribution < 1.29 is 23.1 Å². The van der Waals surface area contributed by atoms with Crippen LogP contribution in [0, 0.1) is 0 Å². The van der Waals surface area contributed by atoms with Crippen molar-refractivity contribution in [3.05, 3.63) is 81.8 Å². The standard InChI is InChI=1S/C18H12F3NO3/c19-18(20,21)15-6-2-5-14-13(15)7-8-22(16(14)23)10-11-3-1-4-12(9-11)17(24)25/h1-9H,10H2,(H,24,25). The van der Waals surface area contributed by atoms with Crippen molar-refractivity contribution in [1.29, 1.82) is 0 Å². The lowest BCUT2D eigenvalue weighted by Gasteiger charge is -2.12. The Kier molecular flexibility index (Phi) is 4.08. The molecule has 1 aromatic heterocycles. The summed E-state index contributed by atoms with van der Waals surface area (Å²) in [5, 5.41) is 8.81. The highest BCUT2D eigenvalue weighted by Gasteiger charge is 2.32. The largest absolute Gasteiger partial charge is 0.478 e. The molecule has 7 heteroatoms. The molecular formula is C18H12F3NO3. The Balaban J connectivity index is 2.08. The van der Waals surface area contributed by atoms with Gasteiger partial charge in [-0.25, -0.2) is 4.79 Å². The number of rotatable bonds is 3. The Morgan fingerprint density at radius 2 is 1.76 bits per heavy atom. The molecule has 0 aliphatic rings. The number of pyridine rings is 1. The monoisotopic (exact) mass is 347 g/mol. The van der Waals surface area contributed by atoms with Gasteiger partial charge in [-0.15, -0.1) is 0 Å². The molecule has 0 unspecified atom stereocenters. The first kappa shape index (κ1) is 16.8. The van der Waals surface area contributed by atoms with E-state index < -0.39 is 23.3 Å². The number of halogens is 3. The summed E-state index contributed by atoms with van der Waals surface area (Å²) in [6.45, 7) is 0.0616. The molecule has 4 nitrogen and oxygen atoms in total. The van der Waals surface area contributed by atoms with Crippen LogP contribution in [0.3, 0.4) is 0 Å². The Morgan fingerprint density at radius 3 is 2.44 bits per heavy atom. The molecule has 0 bridgehead atoms. The van der Waals surface area contributed by atoms with Crippen molar-refractivity contribution in [2.24, 2.45) is 0 Å². The van der Waals surface area contributed by atoms with Crippen molar-refractivity contribution >= 4 is 16.7 Å². The predicted molar refractivity (Wildman–Crippen MR) is 85.7 cm³/mol. The summed E-state index contributed by atoms with van der Waals surface area (Å²) in [5.74, 6) is -1.09. The van der Waals surface area contributed by atoms with E-state index in [0.717, 1.165) is 6.07 Å². The lowest BCUT2D eigenvalue weighted by molar-refractivity contribution is -0.136.